The Kier molecular flexibility index (Phi) is 26.2. The van der Waals surface area contributed by atoms with Gasteiger partial charge in [0.1, 0.15) is 36.3 Å². The number of aliphatic hydroxyl groups is 1. The van der Waals surface area contributed by atoms with E-state index in [-0.39, 0.29) is 62.9 Å². The fraction of sp³-hybridized carbons (Fsp3) is 0.500. The van der Waals surface area contributed by atoms with Gasteiger partial charge in [-0.15, -0.1) is 0 Å². The molecule has 0 saturated heterocycles. The summed E-state index contributed by atoms with van der Waals surface area (Å²) in [5.41, 5.74) is 17.6. The number of aromatic nitrogens is 1. The van der Waals surface area contributed by atoms with Crippen LogP contribution in [0.15, 0.2) is 60.8 Å². The fourth-order valence-electron chi connectivity index (χ4n) is 7.78. The first-order chi connectivity index (χ1) is 36.1. The fourth-order valence-corrected chi connectivity index (χ4v) is 7.78. The molecule has 1 heterocycles. The first kappa shape index (κ1) is 62.0. The van der Waals surface area contributed by atoms with Crippen LogP contribution in [0.25, 0.3) is 10.9 Å². The van der Waals surface area contributed by atoms with Crippen LogP contribution < -0.4 is 70.2 Å². The Hall–Kier alpha value is -8.29. The van der Waals surface area contributed by atoms with Gasteiger partial charge in [-0.2, -0.15) is 0 Å². The number of urea groups is 1. The second kappa shape index (κ2) is 32.1. The van der Waals surface area contributed by atoms with Crippen LogP contribution in [0, 0.1) is 11.3 Å². The number of nitrogens with one attached hydrogen (secondary N) is 13. The predicted molar refractivity (Wildman–Crippen MR) is 281 cm³/mol. The van der Waals surface area contributed by atoms with Crippen LogP contribution in [0.4, 0.5) is 4.79 Å². The quantitative estimate of drug-likeness (QED) is 0.0145. The van der Waals surface area contributed by atoms with Gasteiger partial charge in [-0.1, -0.05) is 68.8 Å². The summed E-state index contributed by atoms with van der Waals surface area (Å²) in [6.45, 7) is 6.78. The SMILES string of the molecule is CNC(=N)NCCC[C@H](NC(=O)[C@H](CC(C)C)NC(=O)NNC(=O)[C@H](Cc1ccccc1)NC(=O)[C@@H](NC(=O)[C@H](CC(N)=O)NC(=O)CCCCCNC(C)=O)[C@@H](C)O)C(=O)N[C@@H](Cc1c[nH]c2ccccc12)C(N)=O. The molecule has 0 aliphatic rings. The second-order valence-electron chi connectivity index (χ2n) is 18.6. The molecule has 0 saturated carbocycles. The van der Waals surface area contributed by atoms with Gasteiger partial charge in [-0.3, -0.25) is 54.0 Å². The minimum Gasteiger partial charge on any atom is -0.391 e. The number of carbonyl (C=O) groups excluding carboxylic acids is 10. The molecule has 0 aliphatic carbocycles. The van der Waals surface area contributed by atoms with Crippen LogP contribution >= 0.6 is 0 Å². The number of primary amides is 2. The molecular formula is C50H75N15O11. The molecule has 0 spiro atoms. The summed E-state index contributed by atoms with van der Waals surface area (Å²) in [6, 6.07) is 6.23. The zero-order valence-electron chi connectivity index (χ0n) is 43.6. The maximum Gasteiger partial charge on any atom is 0.334 e. The van der Waals surface area contributed by atoms with E-state index in [0.717, 1.165) is 10.9 Å². The molecule has 0 fully saturated rings. The number of carbonyl (C=O) groups is 10. The van der Waals surface area contributed by atoms with E-state index in [4.69, 9.17) is 16.9 Å². The van der Waals surface area contributed by atoms with E-state index < -0.39 is 102 Å². The van der Waals surface area contributed by atoms with Gasteiger partial charge in [-0.05, 0) is 62.1 Å². The lowest BCUT2D eigenvalue weighted by molar-refractivity contribution is -0.136. The van der Waals surface area contributed by atoms with Crippen LogP contribution in [0.1, 0.15) is 90.2 Å². The Bertz CT molecular complexity index is 2470. The number of benzene rings is 2. The highest BCUT2D eigenvalue weighted by molar-refractivity contribution is 5.97. The lowest BCUT2D eigenvalue weighted by Gasteiger charge is -2.27. The smallest absolute Gasteiger partial charge is 0.334 e. The van der Waals surface area contributed by atoms with Crippen LogP contribution in [-0.4, -0.2) is 138 Å². The van der Waals surface area contributed by atoms with Gasteiger partial charge in [0.2, 0.25) is 47.3 Å². The van der Waals surface area contributed by atoms with Crippen molar-refractivity contribution in [3.63, 3.8) is 0 Å². The van der Waals surface area contributed by atoms with Gasteiger partial charge in [0, 0.05) is 63.4 Å². The van der Waals surface area contributed by atoms with Crippen molar-refractivity contribution >= 4 is 76.1 Å². The molecule has 26 heteroatoms. The van der Waals surface area contributed by atoms with Gasteiger partial charge in [-0.25, -0.2) is 10.2 Å². The van der Waals surface area contributed by atoms with Crippen molar-refractivity contribution in [2.24, 2.45) is 17.4 Å². The number of H-pyrrole nitrogens is 1. The number of rotatable bonds is 31. The van der Waals surface area contributed by atoms with Gasteiger partial charge < -0.3 is 69.4 Å². The molecule has 7 atom stereocenters. The van der Waals surface area contributed by atoms with Crippen molar-refractivity contribution < 1.29 is 53.1 Å². The third-order valence-corrected chi connectivity index (χ3v) is 11.7. The summed E-state index contributed by atoms with van der Waals surface area (Å²) >= 11 is 0. The first-order valence-corrected chi connectivity index (χ1v) is 25.0. The second-order valence-corrected chi connectivity index (χ2v) is 18.6. The van der Waals surface area contributed by atoms with Crippen molar-refractivity contribution in [1.29, 1.82) is 5.41 Å². The number of guanidine groups is 1. The van der Waals surface area contributed by atoms with E-state index in [1.807, 2.05) is 24.3 Å². The number of hydrogen-bond donors (Lipinski definition) is 16. The summed E-state index contributed by atoms with van der Waals surface area (Å²) in [4.78, 5) is 134. The normalized spacial score (nSPS) is 13.7. The van der Waals surface area contributed by atoms with Crippen molar-refractivity contribution in [2.75, 3.05) is 20.1 Å². The first-order valence-electron chi connectivity index (χ1n) is 25.0. The Morgan fingerprint density at radius 3 is 1.92 bits per heavy atom. The highest BCUT2D eigenvalue weighted by atomic mass is 16.3. The van der Waals surface area contributed by atoms with Crippen molar-refractivity contribution in [3.8, 4) is 0 Å². The molecule has 2 aromatic carbocycles. The molecular weight excluding hydrogens is 987 g/mol. The molecule has 3 aromatic rings. The molecule has 416 valence electrons. The largest absolute Gasteiger partial charge is 0.391 e. The number of aromatic amines is 1. The van der Waals surface area contributed by atoms with Gasteiger partial charge >= 0.3 is 6.03 Å². The molecule has 26 nitrogen and oxygen atoms in total. The minimum absolute atomic E-state index is 0.0224. The van der Waals surface area contributed by atoms with Crippen molar-refractivity contribution in [1.82, 2.24) is 63.7 Å². The molecule has 3 rings (SSSR count). The van der Waals surface area contributed by atoms with Gasteiger partial charge in [0.15, 0.2) is 5.96 Å². The zero-order chi connectivity index (χ0) is 56.3. The predicted octanol–water partition coefficient (Wildman–Crippen LogP) is -1.92. The number of aliphatic hydroxyl groups excluding tert-OH is 1. The third-order valence-electron chi connectivity index (χ3n) is 11.7. The molecule has 1 aromatic heterocycles. The number of hydrazine groups is 1. The van der Waals surface area contributed by atoms with E-state index in [1.54, 1.807) is 57.4 Å². The average Bonchev–Trinajstić information content (AvgIpc) is 3.77. The average molecular weight is 1060 g/mol. The summed E-state index contributed by atoms with van der Waals surface area (Å²) in [6.07, 6.45) is 1.22. The van der Waals surface area contributed by atoms with E-state index in [0.29, 0.717) is 36.9 Å². The third kappa shape index (κ3) is 22.4. The van der Waals surface area contributed by atoms with Crippen LogP contribution in [0.5, 0.6) is 0 Å². The van der Waals surface area contributed by atoms with Crippen LogP contribution in [-0.2, 0) is 56.0 Å². The highest BCUT2D eigenvalue weighted by Gasteiger charge is 2.34. The van der Waals surface area contributed by atoms with Gasteiger partial charge in [0.25, 0.3) is 5.91 Å². The molecule has 0 radical (unpaired) electrons. The van der Waals surface area contributed by atoms with E-state index in [9.17, 15) is 53.1 Å². The van der Waals surface area contributed by atoms with Crippen LogP contribution in [0.3, 0.4) is 0 Å². The number of nitrogens with two attached hydrogens (primary N) is 2. The Morgan fingerprint density at radius 1 is 0.645 bits per heavy atom. The Labute approximate surface area is 440 Å². The molecule has 18 N–H and O–H groups in total. The highest BCUT2D eigenvalue weighted by Crippen LogP contribution is 2.19. The topological polar surface area (TPSA) is 415 Å². The van der Waals surface area contributed by atoms with E-state index in [2.05, 4.69) is 63.7 Å². The van der Waals surface area contributed by atoms with Crippen molar-refractivity contribution in [3.05, 3.63) is 71.9 Å². The number of fused-ring (bicyclic) bond motifs is 1. The molecule has 11 amide bonds. The van der Waals surface area contributed by atoms with E-state index in [1.165, 1.54) is 13.8 Å². The maximum atomic E-state index is 14.0. The molecule has 0 bridgehead atoms. The molecule has 76 heavy (non-hydrogen) atoms. The minimum atomic E-state index is -1.74. The summed E-state index contributed by atoms with van der Waals surface area (Å²) < 4.78 is 0. The monoisotopic (exact) mass is 1060 g/mol. The standard InChI is InChI=1S/C50H75N15O11/c1-28(2)23-37(45(72)59-35(19-14-22-56-49(53)54-5)44(71)60-36(43(52)70)25-32-27-57-34-18-12-11-17-33(32)34)62-50(76)65-64-47(74)38(24-31-15-8-6-9-16-31)61-48(75)42(29(3)66)63-46(73)39(26-40(51)68)58-41(69)20-10-7-13-21-55-30(4)67/h6,8-9,11-12,15-18,27-29,35-39,42,57,66H,7,10,13-14,19-26H2,1-5H3,(H2,51,68)(H2,52,70)(H,55,67)(H,58,69)(H,59,72)(H,60,71)(H,61,75)(H,63,73)(H,64,74)(H3,53,54,56)(H2,62,65,76)/t29-,35+,36+,37+,38+,39+,42+/m1/s1. The van der Waals surface area contributed by atoms with E-state index >= 15 is 0 Å². The Balaban J connectivity index is 1.75. The number of hydrogen-bond acceptors (Lipinski definition) is 12. The summed E-state index contributed by atoms with van der Waals surface area (Å²) in [7, 11) is 1.55. The molecule has 0 aliphatic heterocycles. The summed E-state index contributed by atoms with van der Waals surface area (Å²) in [5.74, 6) is -7.32. The number of para-hydroxylation sites is 1. The number of amides is 11. The Morgan fingerprint density at radius 2 is 1.28 bits per heavy atom. The van der Waals surface area contributed by atoms with Crippen LogP contribution in [0.2, 0.25) is 0 Å². The zero-order valence-corrected chi connectivity index (χ0v) is 43.6. The maximum absolute atomic E-state index is 14.0. The molecule has 0 unspecified atom stereocenters. The summed E-state index contributed by atoms with van der Waals surface area (Å²) in [5, 5.41) is 42.5. The number of unbranched alkanes of at least 4 members (excludes halogenated alkanes) is 2. The lowest BCUT2D eigenvalue weighted by atomic mass is 10.0. The lowest BCUT2D eigenvalue weighted by Crippen LogP contribution is -2.62. The van der Waals surface area contributed by atoms with Gasteiger partial charge in [0.05, 0.1) is 12.5 Å². The van der Waals surface area contributed by atoms with Crippen molar-refractivity contribution in [2.45, 2.75) is 134 Å².